The summed E-state index contributed by atoms with van der Waals surface area (Å²) in [4.78, 5) is 18.4. The van der Waals surface area contributed by atoms with Gasteiger partial charge in [0.05, 0.1) is 28.0 Å². The van der Waals surface area contributed by atoms with E-state index in [1.165, 1.54) is 30.5 Å². The average molecular weight is 1020 g/mol. The molecule has 7 heteroatoms. The molecule has 5 heterocycles. The van der Waals surface area contributed by atoms with Crippen LogP contribution < -0.4 is 0 Å². The van der Waals surface area contributed by atoms with Crippen molar-refractivity contribution in [2.75, 3.05) is 0 Å². The van der Waals surface area contributed by atoms with Crippen LogP contribution in [0, 0.1) is 32.7 Å². The van der Waals surface area contributed by atoms with Gasteiger partial charge in [0.2, 0.25) is 5.71 Å². The first-order valence-electron chi connectivity index (χ1n) is 26.0. The van der Waals surface area contributed by atoms with Crippen molar-refractivity contribution in [1.82, 2.24) is 24.5 Å². The maximum absolute atomic E-state index is 9.57. The third-order valence-corrected chi connectivity index (χ3v) is 11.3. The first-order valence-corrected chi connectivity index (χ1v) is 20.5. The minimum atomic E-state index is -2.39. The van der Waals surface area contributed by atoms with Gasteiger partial charge in [-0.1, -0.05) is 106 Å². The molecule has 6 nitrogen and oxygen atoms in total. The van der Waals surface area contributed by atoms with Crippen LogP contribution in [0.5, 0.6) is 0 Å². The molecule has 0 unspecified atom stereocenters. The number of hydrogen-bond acceptors (Lipinski definition) is 5. The van der Waals surface area contributed by atoms with Crippen molar-refractivity contribution in [2.24, 2.45) is 0 Å². The fourth-order valence-corrected chi connectivity index (χ4v) is 8.19. The van der Waals surface area contributed by atoms with Gasteiger partial charge in [0.25, 0.3) is 0 Å². The second kappa shape index (κ2) is 17.4. The van der Waals surface area contributed by atoms with E-state index in [9.17, 15) is 2.74 Å². The van der Waals surface area contributed by atoms with E-state index < -0.39 is 32.3 Å². The molecule has 0 aliphatic rings. The molecule has 0 N–H and O–H groups in total. The standard InChI is InChI=1S/C44H35N4O.C13H12N.Ir/c1-25(2)36-21-30(28-18-20-32-31-12-7-6-11-29(31)24-45-39(32)23-28)22-37(26(3)4)41(36)48-40-16-9-8-15-38(40)47-43(48)35-14-10-13-33-34-19-17-27(5)46-44(34)49-42(33)35;1-10-3-6-12(7-4-10)13-8-5-11(2)9-14-13;/h6-13,15-26H,1-5H3;3-6,8-9H,1-2H3;/q2*-1;/i5D3,25D,26D;1D3,2D3;. The Hall–Kier alpha value is -6.79. The first-order chi connectivity index (χ1) is 34.8. The summed E-state index contributed by atoms with van der Waals surface area (Å²) in [7, 11) is 0. The number of benzene rings is 6. The maximum Gasteiger partial charge on any atom is 0.216 e. The van der Waals surface area contributed by atoms with Crippen LogP contribution in [-0.4, -0.2) is 24.5 Å². The maximum atomic E-state index is 9.57. The Morgan fingerprint density at radius 1 is 0.641 bits per heavy atom. The van der Waals surface area contributed by atoms with Crippen molar-refractivity contribution >= 4 is 54.8 Å². The van der Waals surface area contributed by atoms with E-state index in [1.54, 1.807) is 24.3 Å². The number of aryl methyl sites for hydroxylation is 3. The SMILES string of the molecule is [2H]C([2H])([2H])c1c[c-]c(-c2ccc(C([2H])([2H])[2H])cn2)cc1.[2H]C([2H])([2H])c1ccc2c(n1)oc1c(-c3nc4ccccc4n3-c3c(C([2H])(C)C)cc(-c4ccc5c(c4)ncc4ccccc45)cc3C([2H])(C)C)[c-]ccc12.[Ir]. The van der Waals surface area contributed by atoms with Crippen LogP contribution in [-0.2, 0) is 20.1 Å². The van der Waals surface area contributed by atoms with E-state index in [2.05, 4.69) is 64.6 Å². The Kier molecular flexibility index (Phi) is 8.46. The molecule has 0 spiro atoms. The Bertz CT molecular complexity index is 3850. The van der Waals surface area contributed by atoms with Crippen LogP contribution in [0.2, 0.25) is 0 Å². The van der Waals surface area contributed by atoms with Gasteiger partial charge in [0.15, 0.2) is 0 Å². The van der Waals surface area contributed by atoms with Crippen LogP contribution >= 0.6 is 0 Å². The number of aromatic nitrogens is 5. The van der Waals surface area contributed by atoms with E-state index in [0.717, 1.165) is 49.2 Å². The predicted octanol–water partition coefficient (Wildman–Crippen LogP) is 14.9. The van der Waals surface area contributed by atoms with Crippen LogP contribution in [0.15, 0.2) is 150 Å². The molecule has 0 atom stereocenters. The quantitative estimate of drug-likeness (QED) is 0.123. The number of pyridine rings is 3. The minimum Gasteiger partial charge on any atom is -0.486 e. The smallest absolute Gasteiger partial charge is 0.216 e. The summed E-state index contributed by atoms with van der Waals surface area (Å²) < 4.78 is 94.9. The van der Waals surface area contributed by atoms with Crippen molar-refractivity contribution in [3.63, 3.8) is 0 Å². The molecular formula is C57H47IrN5O-2. The second-order valence-corrected chi connectivity index (χ2v) is 15.9. The van der Waals surface area contributed by atoms with E-state index in [-0.39, 0.29) is 42.6 Å². The average Bonchev–Trinajstić information content (AvgIpc) is 3.96. The third-order valence-electron chi connectivity index (χ3n) is 11.3. The Morgan fingerprint density at radius 2 is 1.42 bits per heavy atom. The zero-order chi connectivity index (χ0) is 52.7. The molecule has 0 amide bonds. The number of imidazole rings is 1. The van der Waals surface area contributed by atoms with Crippen molar-refractivity contribution in [3.8, 4) is 39.5 Å². The summed E-state index contributed by atoms with van der Waals surface area (Å²) in [5.41, 5.74) is 9.05. The minimum absolute atomic E-state index is 0. The number of rotatable bonds is 6. The fourth-order valence-electron chi connectivity index (χ4n) is 8.19. The first kappa shape index (κ1) is 31.1. The number of hydrogen-bond donors (Lipinski definition) is 0. The zero-order valence-electron chi connectivity index (χ0n) is 46.3. The van der Waals surface area contributed by atoms with Gasteiger partial charge in [-0.2, -0.15) is 0 Å². The molecule has 11 rings (SSSR count). The van der Waals surface area contributed by atoms with Crippen LogP contribution in [0.3, 0.4) is 0 Å². The Morgan fingerprint density at radius 3 is 2.17 bits per heavy atom. The molecule has 0 aliphatic carbocycles. The molecule has 5 aromatic heterocycles. The summed E-state index contributed by atoms with van der Waals surface area (Å²) in [6.45, 7) is 0.729. The molecule has 6 aromatic carbocycles. The van der Waals surface area contributed by atoms with Crippen molar-refractivity contribution in [3.05, 3.63) is 186 Å². The van der Waals surface area contributed by atoms with Gasteiger partial charge in [0.1, 0.15) is 0 Å². The van der Waals surface area contributed by atoms with Gasteiger partial charge in [-0.05, 0) is 107 Å². The molecule has 0 fully saturated rings. The van der Waals surface area contributed by atoms with Crippen LogP contribution in [0.1, 0.15) is 82.5 Å². The monoisotopic (exact) mass is 1020 g/mol. The van der Waals surface area contributed by atoms with Gasteiger partial charge in [-0.25, -0.2) is 4.98 Å². The van der Waals surface area contributed by atoms with E-state index in [0.29, 0.717) is 50.4 Å². The summed E-state index contributed by atoms with van der Waals surface area (Å²) in [5.74, 6) is -1.70. The van der Waals surface area contributed by atoms with Crippen LogP contribution in [0.4, 0.5) is 0 Å². The number of fused-ring (bicyclic) bond motifs is 7. The van der Waals surface area contributed by atoms with E-state index in [1.807, 2.05) is 80.9 Å². The van der Waals surface area contributed by atoms with Crippen molar-refractivity contribution in [2.45, 2.75) is 60.0 Å². The normalized spacial score (nSPS) is 15.0. The molecule has 0 bridgehead atoms. The van der Waals surface area contributed by atoms with E-state index >= 15 is 0 Å². The summed E-state index contributed by atoms with van der Waals surface area (Å²) in [5, 5.41) is 4.70. The van der Waals surface area contributed by atoms with Gasteiger partial charge in [-0.15, -0.1) is 53.6 Å². The number of furan rings is 1. The second-order valence-electron chi connectivity index (χ2n) is 15.9. The molecule has 0 saturated carbocycles. The summed E-state index contributed by atoms with van der Waals surface area (Å²) in [6, 6.07) is 47.2. The molecule has 1 radical (unpaired) electrons. The fraction of sp³-hybridized carbons (Fsp3) is 0.158. The topological polar surface area (TPSA) is 69.6 Å². The molecule has 0 saturated heterocycles. The molecule has 64 heavy (non-hydrogen) atoms. The van der Waals surface area contributed by atoms with Gasteiger partial charge >= 0.3 is 0 Å². The van der Waals surface area contributed by atoms with Gasteiger partial charge < -0.3 is 14.0 Å². The summed E-state index contributed by atoms with van der Waals surface area (Å²) in [6.07, 6.45) is 3.20. The summed E-state index contributed by atoms with van der Waals surface area (Å²) >= 11 is 0. The number of para-hydroxylation sites is 2. The van der Waals surface area contributed by atoms with Crippen molar-refractivity contribution in [1.29, 1.82) is 0 Å². The predicted molar refractivity (Wildman–Crippen MR) is 260 cm³/mol. The third kappa shape index (κ3) is 7.80. The zero-order valence-corrected chi connectivity index (χ0v) is 37.7. The van der Waals surface area contributed by atoms with Crippen LogP contribution in [0.25, 0.3) is 94.2 Å². The molecule has 11 aromatic rings. The largest absolute Gasteiger partial charge is 0.486 e. The molecular weight excluding hydrogens is 963 g/mol. The van der Waals surface area contributed by atoms with Crippen molar-refractivity contribution < 1.29 is 39.6 Å². The Balaban J connectivity index is 0.000000277. The van der Waals surface area contributed by atoms with E-state index in [4.69, 9.17) is 26.7 Å². The molecule has 317 valence electrons. The Labute approximate surface area is 402 Å². The van der Waals surface area contributed by atoms with Gasteiger partial charge in [-0.3, -0.25) is 9.97 Å². The number of nitrogens with zero attached hydrogens (tertiary/aromatic N) is 5. The van der Waals surface area contributed by atoms with Gasteiger partial charge in [0, 0.05) is 75.1 Å². The molecule has 0 aliphatic heterocycles.